The van der Waals surface area contributed by atoms with Gasteiger partial charge in [0.05, 0.1) is 31.1 Å². The summed E-state index contributed by atoms with van der Waals surface area (Å²) in [5, 5.41) is 7.28. The molecule has 3 aromatic rings. The molecule has 0 unspecified atom stereocenters. The van der Waals surface area contributed by atoms with Gasteiger partial charge in [-0.15, -0.1) is 0 Å². The van der Waals surface area contributed by atoms with Crippen LogP contribution < -0.4 is 15.0 Å². The first kappa shape index (κ1) is 19.7. The van der Waals surface area contributed by atoms with Crippen molar-refractivity contribution in [2.24, 2.45) is 0 Å². The number of hydrogen-bond acceptors (Lipinski definition) is 6. The Bertz CT molecular complexity index is 1150. The van der Waals surface area contributed by atoms with Gasteiger partial charge in [-0.05, 0) is 31.9 Å². The average molecular weight is 428 g/mol. The van der Waals surface area contributed by atoms with Gasteiger partial charge < -0.3 is 15.0 Å². The first-order valence-electron chi connectivity index (χ1n) is 10.3. The zero-order chi connectivity index (χ0) is 21.5. The van der Waals surface area contributed by atoms with E-state index in [1.165, 1.54) is 6.07 Å². The lowest BCUT2D eigenvalue weighted by molar-refractivity contribution is 0.0953. The zero-order valence-electron chi connectivity index (χ0n) is 17.0. The predicted molar refractivity (Wildman–Crippen MR) is 109 cm³/mol. The second kappa shape index (κ2) is 7.75. The molecule has 1 amide bonds. The summed E-state index contributed by atoms with van der Waals surface area (Å²) in [5.41, 5.74) is 1.86. The fraction of sp³-hybridized carbons (Fsp3) is 0.429. The van der Waals surface area contributed by atoms with Crippen LogP contribution in [0.3, 0.4) is 0 Å². The van der Waals surface area contributed by atoms with Crippen molar-refractivity contribution in [3.63, 3.8) is 0 Å². The summed E-state index contributed by atoms with van der Waals surface area (Å²) in [4.78, 5) is 23.3. The Kier molecular flexibility index (Phi) is 4.91. The molecule has 0 aliphatic carbocycles. The third-order valence-corrected chi connectivity index (χ3v) is 5.72. The fourth-order valence-corrected chi connectivity index (χ4v) is 4.28. The maximum absolute atomic E-state index is 14.6. The van der Waals surface area contributed by atoms with Gasteiger partial charge in [0.1, 0.15) is 23.4 Å². The van der Waals surface area contributed by atoms with E-state index in [1.807, 2.05) is 0 Å². The van der Waals surface area contributed by atoms with Gasteiger partial charge in [0.2, 0.25) is 5.88 Å². The molecule has 10 heteroatoms. The molecule has 2 atom stereocenters. The molecule has 31 heavy (non-hydrogen) atoms. The summed E-state index contributed by atoms with van der Waals surface area (Å²) < 4.78 is 36.0. The standard InChI is InChI=1S/C21H22F2N6O2/c1-12-18-19-26-17(4-6-29(19)27-12)28-11-14(23)9-16(28)15-8-13(22)10-25-21(15)31-7-3-2-5-24-20(18)30/h4,6,8,10,14,16H,2-3,5,7,9,11H2,1H3,(H,24,30)/t14-,16+/m0/s1. The first-order valence-corrected chi connectivity index (χ1v) is 10.3. The van der Waals surface area contributed by atoms with E-state index in [0.717, 1.165) is 6.20 Å². The van der Waals surface area contributed by atoms with Crippen LogP contribution in [0.15, 0.2) is 24.5 Å². The quantitative estimate of drug-likeness (QED) is 0.593. The lowest BCUT2D eigenvalue weighted by Crippen LogP contribution is -2.26. The van der Waals surface area contributed by atoms with Crippen molar-refractivity contribution in [3.8, 4) is 5.88 Å². The molecule has 8 nitrogen and oxygen atoms in total. The van der Waals surface area contributed by atoms with Gasteiger partial charge in [0.15, 0.2) is 5.65 Å². The molecule has 1 saturated heterocycles. The number of anilines is 1. The van der Waals surface area contributed by atoms with Crippen molar-refractivity contribution in [1.82, 2.24) is 24.9 Å². The highest BCUT2D eigenvalue weighted by Crippen LogP contribution is 2.40. The molecule has 2 bridgehead atoms. The fourth-order valence-electron chi connectivity index (χ4n) is 4.28. The van der Waals surface area contributed by atoms with Crippen LogP contribution in [-0.4, -0.2) is 51.4 Å². The SMILES string of the molecule is Cc1nn2ccc3nc2c1C(=O)NCCCCOc1ncc(F)cc1[C@H]1C[C@H](F)CN31. The number of aryl methyl sites for hydroxylation is 1. The number of carbonyl (C=O) groups is 1. The minimum atomic E-state index is -1.12. The summed E-state index contributed by atoms with van der Waals surface area (Å²) in [6.07, 6.45) is 3.22. The van der Waals surface area contributed by atoms with Crippen LogP contribution >= 0.6 is 0 Å². The molecule has 1 N–H and O–H groups in total. The molecule has 2 aliphatic heterocycles. The van der Waals surface area contributed by atoms with E-state index in [4.69, 9.17) is 4.74 Å². The van der Waals surface area contributed by atoms with E-state index in [1.54, 1.807) is 28.6 Å². The molecular formula is C21H22F2N6O2. The van der Waals surface area contributed by atoms with E-state index >= 15 is 0 Å². The topological polar surface area (TPSA) is 84.7 Å². The minimum Gasteiger partial charge on any atom is -0.477 e. The largest absolute Gasteiger partial charge is 0.477 e. The van der Waals surface area contributed by atoms with Gasteiger partial charge in [-0.25, -0.2) is 23.3 Å². The van der Waals surface area contributed by atoms with E-state index in [-0.39, 0.29) is 18.9 Å². The first-order chi connectivity index (χ1) is 15.0. The van der Waals surface area contributed by atoms with Gasteiger partial charge in [-0.3, -0.25) is 4.79 Å². The van der Waals surface area contributed by atoms with Crippen molar-refractivity contribution < 1.29 is 18.3 Å². The Morgan fingerprint density at radius 2 is 2.19 bits per heavy atom. The zero-order valence-corrected chi connectivity index (χ0v) is 17.0. The number of fused-ring (bicyclic) bond motifs is 5. The van der Waals surface area contributed by atoms with Crippen molar-refractivity contribution in [3.05, 3.63) is 47.2 Å². The molecule has 0 radical (unpaired) electrons. The van der Waals surface area contributed by atoms with Crippen molar-refractivity contribution in [2.75, 3.05) is 24.6 Å². The summed E-state index contributed by atoms with van der Waals surface area (Å²) >= 11 is 0. The molecule has 2 aliphatic rings. The van der Waals surface area contributed by atoms with Crippen LogP contribution in [0.25, 0.3) is 5.65 Å². The molecule has 5 rings (SSSR count). The van der Waals surface area contributed by atoms with Crippen molar-refractivity contribution in [2.45, 2.75) is 38.4 Å². The van der Waals surface area contributed by atoms with Crippen LogP contribution in [0.5, 0.6) is 5.88 Å². The van der Waals surface area contributed by atoms with E-state index in [0.29, 0.717) is 60.2 Å². The van der Waals surface area contributed by atoms with Crippen LogP contribution in [0.2, 0.25) is 0 Å². The predicted octanol–water partition coefficient (Wildman–Crippen LogP) is 2.76. The lowest BCUT2D eigenvalue weighted by Gasteiger charge is -2.26. The van der Waals surface area contributed by atoms with Gasteiger partial charge in [0.25, 0.3) is 5.91 Å². The van der Waals surface area contributed by atoms with Gasteiger partial charge in [-0.1, -0.05) is 0 Å². The van der Waals surface area contributed by atoms with Gasteiger partial charge >= 0.3 is 0 Å². The smallest absolute Gasteiger partial charge is 0.257 e. The maximum atomic E-state index is 14.6. The Labute approximate surface area is 177 Å². The van der Waals surface area contributed by atoms with Crippen LogP contribution in [-0.2, 0) is 0 Å². The summed E-state index contributed by atoms with van der Waals surface area (Å²) in [6.45, 7) is 2.68. The Balaban J connectivity index is 1.66. The molecule has 162 valence electrons. The number of ether oxygens (including phenoxy) is 1. The summed E-state index contributed by atoms with van der Waals surface area (Å²) in [6, 6.07) is 2.58. The molecule has 5 heterocycles. The second-order valence-corrected chi connectivity index (χ2v) is 7.87. The van der Waals surface area contributed by atoms with E-state index in [2.05, 4.69) is 20.4 Å². The number of pyridine rings is 1. The lowest BCUT2D eigenvalue weighted by atomic mass is 10.1. The molecule has 0 spiro atoms. The minimum absolute atomic E-state index is 0.0957. The summed E-state index contributed by atoms with van der Waals surface area (Å²) in [5.74, 6) is 0.0267. The Morgan fingerprint density at radius 3 is 3.06 bits per heavy atom. The van der Waals surface area contributed by atoms with Gasteiger partial charge in [-0.2, -0.15) is 5.10 Å². The third-order valence-electron chi connectivity index (χ3n) is 5.72. The molecule has 0 saturated carbocycles. The second-order valence-electron chi connectivity index (χ2n) is 7.87. The molecule has 1 fully saturated rings. The number of hydrogen-bond donors (Lipinski definition) is 1. The number of nitrogens with one attached hydrogen (secondary N) is 1. The van der Waals surface area contributed by atoms with Gasteiger partial charge in [0, 0.05) is 24.7 Å². The number of nitrogens with zero attached hydrogens (tertiary/aromatic N) is 5. The summed E-state index contributed by atoms with van der Waals surface area (Å²) in [7, 11) is 0. The van der Waals surface area contributed by atoms with E-state index < -0.39 is 18.0 Å². The Hall–Kier alpha value is -3.30. The van der Waals surface area contributed by atoms with Crippen molar-refractivity contribution in [1.29, 1.82) is 0 Å². The highest BCUT2D eigenvalue weighted by molar-refractivity contribution is 6.01. The number of aromatic nitrogens is 4. The maximum Gasteiger partial charge on any atom is 0.257 e. The highest BCUT2D eigenvalue weighted by Gasteiger charge is 2.37. The highest BCUT2D eigenvalue weighted by atomic mass is 19.1. The van der Waals surface area contributed by atoms with Crippen LogP contribution in [0, 0.1) is 12.7 Å². The normalized spacial score (nSPS) is 21.8. The van der Waals surface area contributed by atoms with Crippen LogP contribution in [0.1, 0.15) is 46.9 Å². The molecule has 0 aromatic carbocycles. The monoisotopic (exact) mass is 428 g/mol. The Morgan fingerprint density at radius 1 is 1.32 bits per heavy atom. The van der Waals surface area contributed by atoms with E-state index in [9.17, 15) is 13.6 Å². The average Bonchev–Trinajstić information content (AvgIpc) is 3.29. The van der Waals surface area contributed by atoms with Crippen molar-refractivity contribution >= 4 is 17.4 Å². The number of carbonyl (C=O) groups excluding carboxylic acids is 1. The van der Waals surface area contributed by atoms with Crippen LogP contribution in [0.4, 0.5) is 14.6 Å². The third kappa shape index (κ3) is 3.55. The number of rotatable bonds is 0. The number of halogens is 2. The molecule has 3 aromatic heterocycles. The number of alkyl halides is 1. The number of amides is 1. The molecular weight excluding hydrogens is 406 g/mol.